The molecule has 1 amide bonds. The number of aryl methyl sites for hydroxylation is 2. The van der Waals surface area contributed by atoms with Gasteiger partial charge >= 0.3 is 0 Å². The van der Waals surface area contributed by atoms with Crippen LogP contribution in [-0.4, -0.2) is 34.2 Å². The second kappa shape index (κ2) is 11.7. The highest BCUT2D eigenvalue weighted by atomic mass is 16.1. The lowest BCUT2D eigenvalue weighted by atomic mass is 9.84. The van der Waals surface area contributed by atoms with Gasteiger partial charge in [-0.15, -0.1) is 0 Å². The van der Waals surface area contributed by atoms with Crippen LogP contribution in [0.3, 0.4) is 0 Å². The van der Waals surface area contributed by atoms with Crippen LogP contribution in [0.1, 0.15) is 106 Å². The van der Waals surface area contributed by atoms with E-state index in [0.717, 1.165) is 71.1 Å². The van der Waals surface area contributed by atoms with E-state index in [1.807, 2.05) is 61.5 Å². The van der Waals surface area contributed by atoms with Crippen molar-refractivity contribution in [3.05, 3.63) is 112 Å². The molecule has 2 aliphatic heterocycles. The summed E-state index contributed by atoms with van der Waals surface area (Å²) in [6.07, 6.45) is 8.47. The van der Waals surface area contributed by atoms with Crippen LogP contribution in [0.2, 0.25) is 0 Å². The van der Waals surface area contributed by atoms with Crippen molar-refractivity contribution >= 4 is 22.6 Å². The molecule has 1 saturated carbocycles. The zero-order chi connectivity index (χ0) is 29.5. The number of ketones is 1. The molecule has 3 aromatic carbocycles. The number of rotatable bonds is 8. The number of nitrogens with one attached hydrogen (secondary N) is 1. The Morgan fingerprint density at radius 2 is 1.60 bits per heavy atom. The van der Waals surface area contributed by atoms with Crippen molar-refractivity contribution in [3.8, 4) is 0 Å². The number of hydrogen-bond acceptors (Lipinski definition) is 4. The molecular formula is C38H41N3O2. The summed E-state index contributed by atoms with van der Waals surface area (Å²) in [5, 5.41) is 4.28. The Hall–Kier alpha value is -3.83. The van der Waals surface area contributed by atoms with Crippen molar-refractivity contribution in [2.24, 2.45) is 5.92 Å². The Bertz CT molecular complexity index is 1670. The molecule has 2 unspecified atom stereocenters. The molecule has 3 heterocycles. The van der Waals surface area contributed by atoms with Gasteiger partial charge in [-0.2, -0.15) is 0 Å². The molecule has 2 bridgehead atoms. The fourth-order valence-corrected chi connectivity index (χ4v) is 7.91. The van der Waals surface area contributed by atoms with E-state index in [2.05, 4.69) is 40.3 Å². The highest BCUT2D eigenvalue weighted by Gasteiger charge is 2.43. The van der Waals surface area contributed by atoms with Gasteiger partial charge in [-0.25, -0.2) is 0 Å². The van der Waals surface area contributed by atoms with E-state index in [-0.39, 0.29) is 17.7 Å². The van der Waals surface area contributed by atoms with Crippen molar-refractivity contribution in [3.63, 3.8) is 0 Å². The maximum atomic E-state index is 13.3. The number of fused-ring (bicyclic) bond motifs is 6. The van der Waals surface area contributed by atoms with Crippen LogP contribution in [-0.2, 0) is 6.42 Å². The molecule has 7 rings (SSSR count). The predicted octanol–water partition coefficient (Wildman–Crippen LogP) is 7.85. The molecular weight excluding hydrogens is 530 g/mol. The summed E-state index contributed by atoms with van der Waals surface area (Å²) in [5.41, 5.74) is 8.46. The Morgan fingerprint density at radius 1 is 0.837 bits per heavy atom. The van der Waals surface area contributed by atoms with Gasteiger partial charge in [-0.1, -0.05) is 54.6 Å². The standard InChI is InChI=1S/C38H41N3O2/c1-24-8-15-32(31-16-9-25(2)39-37(24)31)38(43)40-29-13-10-26(11-14-29)20-21-41-34-18-19-35(41)33-23-28(12-17-30(33)34)36(42)22-27-6-4-3-5-7-27/h3-9,12,15-17,23,26,29,34-35H,10-11,13-14,18-22H2,1-2H3,(H,40,43). The quantitative estimate of drug-likeness (QED) is 0.219. The molecule has 1 aliphatic carbocycles. The number of carbonyl (C=O) groups is 2. The number of hydrogen-bond donors (Lipinski definition) is 1. The molecule has 220 valence electrons. The van der Waals surface area contributed by atoms with E-state index in [9.17, 15) is 9.59 Å². The van der Waals surface area contributed by atoms with Gasteiger partial charge in [0.2, 0.25) is 0 Å². The predicted molar refractivity (Wildman–Crippen MR) is 171 cm³/mol. The topological polar surface area (TPSA) is 62.3 Å². The van der Waals surface area contributed by atoms with Gasteiger partial charge in [0.15, 0.2) is 5.78 Å². The SMILES string of the molecule is Cc1ccc2c(C(=O)NC3CCC(CCN4C5CCC4c4cc(C(=O)Cc6ccccc6)ccc45)CC3)ccc(C)c2n1. The largest absolute Gasteiger partial charge is 0.349 e. The molecule has 1 aromatic heterocycles. The number of aromatic nitrogens is 1. The molecule has 5 nitrogen and oxygen atoms in total. The smallest absolute Gasteiger partial charge is 0.252 e. The number of nitrogens with zero attached hydrogens (tertiary/aromatic N) is 2. The van der Waals surface area contributed by atoms with Crippen LogP contribution in [0.25, 0.3) is 10.9 Å². The third-order valence-electron chi connectivity index (χ3n) is 10.3. The Morgan fingerprint density at radius 3 is 2.40 bits per heavy atom. The van der Waals surface area contributed by atoms with Gasteiger partial charge in [0, 0.05) is 46.8 Å². The number of amides is 1. The minimum atomic E-state index is 0.0205. The molecule has 1 saturated heterocycles. The molecule has 3 aliphatic rings. The number of Topliss-reactive ketones (excluding diaryl/α,β-unsaturated/α-hetero) is 1. The van der Waals surface area contributed by atoms with E-state index in [1.54, 1.807) is 0 Å². The Balaban J connectivity index is 0.929. The van der Waals surface area contributed by atoms with Gasteiger partial charge in [0.1, 0.15) is 0 Å². The summed E-state index contributed by atoms with van der Waals surface area (Å²) in [6.45, 7) is 5.15. The number of benzene rings is 3. The lowest BCUT2D eigenvalue weighted by molar-refractivity contribution is 0.0919. The molecule has 4 aromatic rings. The summed E-state index contributed by atoms with van der Waals surface area (Å²) in [6, 6.07) is 25.7. The first-order valence-corrected chi connectivity index (χ1v) is 16.1. The average Bonchev–Trinajstić information content (AvgIpc) is 3.57. The van der Waals surface area contributed by atoms with E-state index < -0.39 is 0 Å². The first-order chi connectivity index (χ1) is 20.9. The third kappa shape index (κ3) is 5.51. The van der Waals surface area contributed by atoms with E-state index in [4.69, 9.17) is 0 Å². The Kier molecular flexibility index (Phi) is 7.60. The van der Waals surface area contributed by atoms with E-state index >= 15 is 0 Å². The highest BCUT2D eigenvalue weighted by molar-refractivity contribution is 6.07. The van der Waals surface area contributed by atoms with Crippen molar-refractivity contribution in [2.75, 3.05) is 6.54 Å². The monoisotopic (exact) mass is 571 g/mol. The van der Waals surface area contributed by atoms with E-state index in [1.165, 1.54) is 30.4 Å². The van der Waals surface area contributed by atoms with Gasteiger partial charge in [-0.05, 0) is 112 Å². The van der Waals surface area contributed by atoms with Crippen molar-refractivity contribution in [2.45, 2.75) is 83.3 Å². The Labute approximate surface area is 254 Å². The maximum absolute atomic E-state index is 13.3. The van der Waals surface area contributed by atoms with Crippen LogP contribution < -0.4 is 5.32 Å². The third-order valence-corrected chi connectivity index (χ3v) is 10.3. The molecule has 0 radical (unpaired) electrons. The molecule has 2 fully saturated rings. The van der Waals surface area contributed by atoms with Crippen LogP contribution in [0.4, 0.5) is 0 Å². The zero-order valence-electron chi connectivity index (χ0n) is 25.3. The minimum absolute atomic E-state index is 0.0205. The second-order valence-electron chi connectivity index (χ2n) is 13.0. The normalized spacial score (nSPS) is 22.9. The highest BCUT2D eigenvalue weighted by Crippen LogP contribution is 2.53. The second-order valence-corrected chi connectivity index (χ2v) is 13.0. The van der Waals surface area contributed by atoms with Crippen molar-refractivity contribution in [1.29, 1.82) is 0 Å². The summed E-state index contributed by atoms with van der Waals surface area (Å²) in [5.74, 6) is 0.924. The van der Waals surface area contributed by atoms with Crippen molar-refractivity contribution in [1.82, 2.24) is 15.2 Å². The van der Waals surface area contributed by atoms with Crippen LogP contribution >= 0.6 is 0 Å². The van der Waals surface area contributed by atoms with Gasteiger partial charge in [0.05, 0.1) is 5.52 Å². The lowest BCUT2D eigenvalue weighted by Gasteiger charge is -2.31. The number of pyridine rings is 1. The molecule has 5 heteroatoms. The minimum Gasteiger partial charge on any atom is -0.349 e. The molecule has 43 heavy (non-hydrogen) atoms. The fraction of sp³-hybridized carbons (Fsp3) is 0.395. The van der Waals surface area contributed by atoms with Crippen molar-refractivity contribution < 1.29 is 9.59 Å². The van der Waals surface area contributed by atoms with Gasteiger partial charge < -0.3 is 5.32 Å². The maximum Gasteiger partial charge on any atom is 0.252 e. The summed E-state index contributed by atoms with van der Waals surface area (Å²) in [7, 11) is 0. The first-order valence-electron chi connectivity index (χ1n) is 16.1. The zero-order valence-corrected chi connectivity index (χ0v) is 25.3. The number of carbonyl (C=O) groups excluding carboxylic acids is 2. The van der Waals surface area contributed by atoms with Crippen LogP contribution in [0.15, 0.2) is 72.8 Å². The first kappa shape index (κ1) is 28.0. The molecule has 1 N–H and O–H groups in total. The average molecular weight is 572 g/mol. The van der Waals surface area contributed by atoms with Gasteiger partial charge in [-0.3, -0.25) is 19.5 Å². The summed E-state index contributed by atoms with van der Waals surface area (Å²) >= 11 is 0. The molecule has 0 spiro atoms. The summed E-state index contributed by atoms with van der Waals surface area (Å²) in [4.78, 5) is 33.7. The van der Waals surface area contributed by atoms with E-state index in [0.29, 0.717) is 24.4 Å². The van der Waals surface area contributed by atoms with Crippen LogP contribution in [0.5, 0.6) is 0 Å². The lowest BCUT2D eigenvalue weighted by Crippen LogP contribution is -2.38. The van der Waals surface area contributed by atoms with Crippen LogP contribution in [0, 0.1) is 19.8 Å². The molecule has 2 atom stereocenters. The summed E-state index contributed by atoms with van der Waals surface area (Å²) < 4.78 is 0. The fourth-order valence-electron chi connectivity index (χ4n) is 7.91. The van der Waals surface area contributed by atoms with Gasteiger partial charge in [0.25, 0.3) is 5.91 Å².